The van der Waals surface area contributed by atoms with Crippen molar-refractivity contribution in [3.63, 3.8) is 0 Å². The number of carboxylic acids is 1. The van der Waals surface area contributed by atoms with Gasteiger partial charge in [-0.15, -0.1) is 0 Å². The molecule has 22 heavy (non-hydrogen) atoms. The lowest BCUT2D eigenvalue weighted by Crippen LogP contribution is -2.41. The average Bonchev–Trinajstić information content (AvgIpc) is 3.01. The van der Waals surface area contributed by atoms with Gasteiger partial charge >= 0.3 is 5.97 Å². The summed E-state index contributed by atoms with van der Waals surface area (Å²) >= 11 is 0. The van der Waals surface area contributed by atoms with E-state index < -0.39 is 17.9 Å². The fourth-order valence-electron chi connectivity index (χ4n) is 2.16. The molecule has 1 amide bonds. The number of carbonyl (C=O) groups excluding carboxylic acids is 1. The van der Waals surface area contributed by atoms with Crippen molar-refractivity contribution in [1.29, 1.82) is 0 Å². The van der Waals surface area contributed by atoms with E-state index in [1.54, 1.807) is 4.57 Å². The molecule has 0 unspecified atom stereocenters. The van der Waals surface area contributed by atoms with Crippen LogP contribution in [0.5, 0.6) is 0 Å². The Morgan fingerprint density at radius 3 is 2.68 bits per heavy atom. The van der Waals surface area contributed by atoms with Crippen molar-refractivity contribution in [1.82, 2.24) is 14.9 Å². The fraction of sp³-hybridized carbons (Fsp3) is 0.312. The number of amides is 1. The summed E-state index contributed by atoms with van der Waals surface area (Å²) in [7, 11) is 0. The maximum absolute atomic E-state index is 12.3. The van der Waals surface area contributed by atoms with E-state index >= 15 is 0 Å². The molecule has 1 atom stereocenters. The maximum Gasteiger partial charge on any atom is 0.326 e. The molecule has 0 aliphatic carbocycles. The summed E-state index contributed by atoms with van der Waals surface area (Å²) < 4.78 is 1.63. The van der Waals surface area contributed by atoms with Crippen molar-refractivity contribution in [3.8, 4) is 5.69 Å². The molecule has 0 spiro atoms. The highest BCUT2D eigenvalue weighted by Crippen LogP contribution is 2.11. The highest BCUT2D eigenvalue weighted by atomic mass is 16.4. The molecule has 6 nitrogen and oxygen atoms in total. The summed E-state index contributed by atoms with van der Waals surface area (Å²) in [6.07, 6.45) is 5.00. The van der Waals surface area contributed by atoms with Crippen LogP contribution in [0.25, 0.3) is 5.69 Å². The van der Waals surface area contributed by atoms with Gasteiger partial charge in [0.25, 0.3) is 5.91 Å². The summed E-state index contributed by atoms with van der Waals surface area (Å²) in [6.45, 7) is 1.98. The largest absolute Gasteiger partial charge is 0.480 e. The van der Waals surface area contributed by atoms with E-state index in [-0.39, 0.29) is 0 Å². The van der Waals surface area contributed by atoms with E-state index in [9.17, 15) is 14.7 Å². The van der Waals surface area contributed by atoms with Crippen molar-refractivity contribution in [2.75, 3.05) is 0 Å². The first-order valence-corrected chi connectivity index (χ1v) is 7.25. The molecule has 0 fully saturated rings. The number of benzene rings is 1. The Hall–Kier alpha value is -2.63. The van der Waals surface area contributed by atoms with Gasteiger partial charge in [-0.25, -0.2) is 9.78 Å². The van der Waals surface area contributed by atoms with Crippen LogP contribution >= 0.6 is 0 Å². The van der Waals surface area contributed by atoms with Gasteiger partial charge in [0.2, 0.25) is 0 Å². The summed E-state index contributed by atoms with van der Waals surface area (Å²) in [5, 5.41) is 11.8. The highest BCUT2D eigenvalue weighted by Gasteiger charge is 2.22. The van der Waals surface area contributed by atoms with Gasteiger partial charge in [-0.05, 0) is 18.6 Å². The molecule has 2 aromatic rings. The number of carboxylic acid groups (broad SMARTS) is 1. The third-order valence-electron chi connectivity index (χ3n) is 3.36. The zero-order chi connectivity index (χ0) is 15.9. The summed E-state index contributed by atoms with van der Waals surface area (Å²) in [5.74, 6) is -1.46. The number of hydrogen-bond acceptors (Lipinski definition) is 3. The number of aliphatic carboxylic acids is 1. The molecule has 1 heterocycles. The van der Waals surface area contributed by atoms with Crippen molar-refractivity contribution in [2.24, 2.45) is 0 Å². The van der Waals surface area contributed by atoms with Crippen LogP contribution in [-0.2, 0) is 4.79 Å². The van der Waals surface area contributed by atoms with E-state index in [1.165, 1.54) is 12.5 Å². The third kappa shape index (κ3) is 3.72. The first kappa shape index (κ1) is 15.8. The van der Waals surface area contributed by atoms with E-state index in [1.807, 2.05) is 37.3 Å². The molecule has 0 bridgehead atoms. The third-order valence-corrected chi connectivity index (χ3v) is 3.36. The topological polar surface area (TPSA) is 84.2 Å². The molecule has 0 aliphatic heterocycles. The second-order valence-corrected chi connectivity index (χ2v) is 4.99. The molecule has 0 saturated heterocycles. The van der Waals surface area contributed by atoms with Gasteiger partial charge in [-0.2, -0.15) is 0 Å². The number of rotatable bonds is 7. The Labute approximate surface area is 128 Å². The fourth-order valence-corrected chi connectivity index (χ4v) is 2.16. The molecule has 116 valence electrons. The van der Waals surface area contributed by atoms with E-state index in [0.717, 1.165) is 18.5 Å². The van der Waals surface area contributed by atoms with Gasteiger partial charge in [-0.3, -0.25) is 9.36 Å². The number of imidazole rings is 1. The minimum absolute atomic E-state index is 0.314. The van der Waals surface area contributed by atoms with Gasteiger partial charge in [0.15, 0.2) is 0 Å². The molecule has 0 saturated carbocycles. The lowest BCUT2D eigenvalue weighted by molar-refractivity contribution is -0.139. The molecular weight excluding hydrogens is 282 g/mol. The van der Waals surface area contributed by atoms with Gasteiger partial charge in [0.1, 0.15) is 11.7 Å². The van der Waals surface area contributed by atoms with Crippen LogP contribution in [0, 0.1) is 0 Å². The number of nitrogens with one attached hydrogen (secondary N) is 1. The van der Waals surface area contributed by atoms with Crippen molar-refractivity contribution in [3.05, 3.63) is 48.5 Å². The summed E-state index contributed by atoms with van der Waals surface area (Å²) in [5.41, 5.74) is 1.11. The number of aromatic nitrogens is 2. The standard InChI is InChI=1S/C16H19N3O3/c1-2-3-9-13(16(21)22)18-15(20)14-10-17-11-19(14)12-7-5-4-6-8-12/h4-8,10-11,13H,2-3,9H2,1H3,(H,18,20)(H,21,22)/t13-/m0/s1. The minimum Gasteiger partial charge on any atom is -0.480 e. The highest BCUT2D eigenvalue weighted by molar-refractivity contribution is 5.95. The van der Waals surface area contributed by atoms with Crippen LogP contribution in [0.15, 0.2) is 42.9 Å². The Morgan fingerprint density at radius 2 is 2.05 bits per heavy atom. The van der Waals surface area contributed by atoms with Gasteiger partial charge in [-0.1, -0.05) is 38.0 Å². The Bertz CT molecular complexity index is 637. The molecule has 6 heteroatoms. The lowest BCUT2D eigenvalue weighted by Gasteiger charge is -2.15. The van der Waals surface area contributed by atoms with E-state index in [4.69, 9.17) is 0 Å². The molecule has 2 rings (SSSR count). The van der Waals surface area contributed by atoms with Crippen LogP contribution in [0.4, 0.5) is 0 Å². The molecule has 0 aliphatic rings. The van der Waals surface area contributed by atoms with E-state index in [0.29, 0.717) is 12.1 Å². The van der Waals surface area contributed by atoms with Crippen LogP contribution in [0.3, 0.4) is 0 Å². The SMILES string of the molecule is CCCC[C@H](NC(=O)c1cncn1-c1ccccc1)C(=O)O. The number of para-hydroxylation sites is 1. The van der Waals surface area contributed by atoms with Crippen molar-refractivity contribution < 1.29 is 14.7 Å². The number of carbonyl (C=O) groups is 2. The Balaban J connectivity index is 2.16. The predicted molar refractivity (Wildman–Crippen MR) is 82.0 cm³/mol. The van der Waals surface area contributed by atoms with Gasteiger partial charge < -0.3 is 10.4 Å². The number of unbranched alkanes of at least 4 members (excludes halogenated alkanes) is 1. The summed E-state index contributed by atoms with van der Waals surface area (Å²) in [6, 6.07) is 8.42. The first-order valence-electron chi connectivity index (χ1n) is 7.25. The average molecular weight is 301 g/mol. The normalized spacial score (nSPS) is 11.9. The first-order chi connectivity index (χ1) is 10.6. The Morgan fingerprint density at radius 1 is 1.32 bits per heavy atom. The monoisotopic (exact) mass is 301 g/mol. The van der Waals surface area contributed by atoms with Crippen LogP contribution in [0.1, 0.15) is 36.7 Å². The number of nitrogens with zero attached hydrogens (tertiary/aromatic N) is 2. The zero-order valence-electron chi connectivity index (χ0n) is 12.4. The minimum atomic E-state index is -1.02. The van der Waals surface area contributed by atoms with Crippen LogP contribution < -0.4 is 5.32 Å². The maximum atomic E-state index is 12.3. The van der Waals surface area contributed by atoms with Crippen molar-refractivity contribution >= 4 is 11.9 Å². The number of hydrogen-bond donors (Lipinski definition) is 2. The molecule has 0 radical (unpaired) electrons. The zero-order valence-corrected chi connectivity index (χ0v) is 12.4. The molecule has 1 aromatic carbocycles. The molecule has 2 N–H and O–H groups in total. The second-order valence-electron chi connectivity index (χ2n) is 4.99. The molecular formula is C16H19N3O3. The van der Waals surface area contributed by atoms with Crippen LogP contribution in [0.2, 0.25) is 0 Å². The quantitative estimate of drug-likeness (QED) is 0.821. The van der Waals surface area contributed by atoms with E-state index in [2.05, 4.69) is 10.3 Å². The van der Waals surface area contributed by atoms with Crippen LogP contribution in [-0.4, -0.2) is 32.6 Å². The lowest BCUT2D eigenvalue weighted by atomic mass is 10.1. The van der Waals surface area contributed by atoms with Crippen molar-refractivity contribution in [2.45, 2.75) is 32.2 Å². The molecule has 1 aromatic heterocycles. The van der Waals surface area contributed by atoms with Gasteiger partial charge in [0.05, 0.1) is 12.5 Å². The second kappa shape index (κ2) is 7.40. The summed E-state index contributed by atoms with van der Waals surface area (Å²) in [4.78, 5) is 27.6. The smallest absolute Gasteiger partial charge is 0.326 e. The van der Waals surface area contributed by atoms with Gasteiger partial charge in [0, 0.05) is 5.69 Å². The Kier molecular flexibility index (Phi) is 5.30. The predicted octanol–water partition coefficient (Wildman–Crippen LogP) is 2.25.